The molecular weight excluding hydrogens is 238 g/mol. The van der Waals surface area contributed by atoms with Gasteiger partial charge in [0.25, 0.3) is 5.56 Å². The predicted octanol–water partition coefficient (Wildman–Crippen LogP) is -0.223. The third-order valence-electron chi connectivity index (χ3n) is 2.22. The van der Waals surface area contributed by atoms with E-state index in [-0.39, 0.29) is 17.1 Å². The first kappa shape index (κ1) is 11.8. The van der Waals surface area contributed by atoms with Gasteiger partial charge in [-0.15, -0.1) is 0 Å². The fraction of sp³-hybridized carbons (Fsp3) is 0.200. The first-order chi connectivity index (χ1) is 8.66. The normalized spacial score (nSPS) is 10.2. The summed E-state index contributed by atoms with van der Waals surface area (Å²) in [6.07, 6.45) is 5.77. The summed E-state index contributed by atoms with van der Waals surface area (Å²) in [7, 11) is 0. The Labute approximate surface area is 101 Å². The van der Waals surface area contributed by atoms with Gasteiger partial charge >= 0.3 is 5.97 Å². The Morgan fingerprint density at radius 1 is 1.50 bits per heavy atom. The number of nitrogens with one attached hydrogen (secondary N) is 2. The molecule has 3 N–H and O–H groups in total. The third-order valence-corrected chi connectivity index (χ3v) is 2.22. The number of imidazole rings is 1. The van der Waals surface area contributed by atoms with E-state index in [9.17, 15) is 9.59 Å². The Hall–Kier alpha value is -2.64. The van der Waals surface area contributed by atoms with Crippen LogP contribution < -0.4 is 10.9 Å². The van der Waals surface area contributed by atoms with Gasteiger partial charge in [0.05, 0.1) is 6.33 Å². The molecule has 2 aromatic heterocycles. The Bertz CT molecular complexity index is 603. The molecule has 0 radical (unpaired) electrons. The molecule has 94 valence electrons. The third kappa shape index (κ3) is 2.73. The van der Waals surface area contributed by atoms with E-state index in [0.717, 1.165) is 0 Å². The quantitative estimate of drug-likeness (QED) is 0.675. The molecule has 2 heterocycles. The molecule has 0 atom stereocenters. The largest absolute Gasteiger partial charge is 0.476 e. The van der Waals surface area contributed by atoms with Gasteiger partial charge in [0.15, 0.2) is 11.5 Å². The molecule has 0 fully saturated rings. The zero-order valence-electron chi connectivity index (χ0n) is 9.33. The van der Waals surface area contributed by atoms with Crippen molar-refractivity contribution in [2.75, 3.05) is 11.9 Å². The molecule has 0 aliphatic rings. The molecule has 18 heavy (non-hydrogen) atoms. The van der Waals surface area contributed by atoms with E-state index in [0.29, 0.717) is 13.1 Å². The van der Waals surface area contributed by atoms with Crippen molar-refractivity contribution < 1.29 is 9.90 Å². The maximum absolute atomic E-state index is 11.3. The smallest absolute Gasteiger partial charge is 0.356 e. The number of aromatic nitrogens is 4. The summed E-state index contributed by atoms with van der Waals surface area (Å²) in [5, 5.41) is 11.5. The maximum Gasteiger partial charge on any atom is 0.356 e. The van der Waals surface area contributed by atoms with Crippen LogP contribution in [0.5, 0.6) is 0 Å². The molecule has 2 rings (SSSR count). The van der Waals surface area contributed by atoms with Crippen LogP contribution in [0.25, 0.3) is 0 Å². The number of H-pyrrole nitrogens is 1. The fourth-order valence-electron chi connectivity index (χ4n) is 1.37. The summed E-state index contributed by atoms with van der Waals surface area (Å²) in [5.41, 5.74) is -0.306. The molecule has 8 nitrogen and oxygen atoms in total. The number of carbonyl (C=O) groups is 1. The maximum atomic E-state index is 11.3. The van der Waals surface area contributed by atoms with Gasteiger partial charge in [0.2, 0.25) is 0 Å². The number of rotatable bonds is 5. The monoisotopic (exact) mass is 249 g/mol. The zero-order chi connectivity index (χ0) is 13.0. The Morgan fingerprint density at radius 3 is 3.00 bits per heavy atom. The van der Waals surface area contributed by atoms with Gasteiger partial charge in [-0.25, -0.2) is 14.8 Å². The highest BCUT2D eigenvalue weighted by atomic mass is 16.4. The lowest BCUT2D eigenvalue weighted by molar-refractivity contribution is 0.0691. The van der Waals surface area contributed by atoms with E-state index in [1.807, 2.05) is 0 Å². The highest BCUT2D eigenvalue weighted by Crippen LogP contribution is 1.96. The second-order valence-electron chi connectivity index (χ2n) is 3.50. The molecule has 0 amide bonds. The molecule has 0 aliphatic carbocycles. The molecule has 0 saturated heterocycles. The molecule has 0 aromatic carbocycles. The van der Waals surface area contributed by atoms with Gasteiger partial charge in [0, 0.05) is 31.7 Å². The summed E-state index contributed by atoms with van der Waals surface area (Å²) < 4.78 is 1.62. The SMILES string of the molecule is O=C(O)c1cn(CCNc2ncc[nH]c2=O)cn1. The minimum atomic E-state index is -1.07. The standard InChI is InChI=1S/C10H11N5O3/c16-9-8(11-1-2-13-9)12-3-4-15-5-7(10(17)18)14-6-15/h1-2,5-6H,3-4H2,(H,11,12)(H,13,16)(H,17,18). The number of nitrogens with zero attached hydrogens (tertiary/aromatic N) is 3. The molecule has 0 aliphatic heterocycles. The lowest BCUT2D eigenvalue weighted by atomic mass is 10.5. The summed E-state index contributed by atoms with van der Waals surface area (Å²) in [6, 6.07) is 0. The van der Waals surface area contributed by atoms with Crippen LogP contribution in [0.4, 0.5) is 5.82 Å². The van der Waals surface area contributed by atoms with Crippen LogP contribution >= 0.6 is 0 Å². The van der Waals surface area contributed by atoms with Gasteiger partial charge in [-0.1, -0.05) is 0 Å². The second kappa shape index (κ2) is 5.13. The van der Waals surface area contributed by atoms with Crippen LogP contribution in [0.3, 0.4) is 0 Å². The summed E-state index contributed by atoms with van der Waals surface area (Å²) >= 11 is 0. The van der Waals surface area contributed by atoms with Crippen molar-refractivity contribution >= 4 is 11.8 Å². The first-order valence-electron chi connectivity index (χ1n) is 5.19. The second-order valence-corrected chi connectivity index (χ2v) is 3.50. The Kier molecular flexibility index (Phi) is 3.37. The van der Waals surface area contributed by atoms with Crippen molar-refractivity contribution in [1.29, 1.82) is 0 Å². The van der Waals surface area contributed by atoms with E-state index in [4.69, 9.17) is 5.11 Å². The van der Waals surface area contributed by atoms with Crippen molar-refractivity contribution in [1.82, 2.24) is 19.5 Å². The first-order valence-corrected chi connectivity index (χ1v) is 5.19. The minimum absolute atomic E-state index is 0.00863. The summed E-state index contributed by atoms with van der Waals surface area (Å²) in [5.74, 6) is -0.834. The van der Waals surface area contributed by atoms with Gasteiger partial charge < -0.3 is 20.0 Å². The highest BCUT2D eigenvalue weighted by molar-refractivity contribution is 5.84. The van der Waals surface area contributed by atoms with E-state index in [1.165, 1.54) is 24.9 Å². The lowest BCUT2D eigenvalue weighted by Crippen LogP contribution is -2.18. The van der Waals surface area contributed by atoms with E-state index in [2.05, 4.69) is 20.3 Å². The average Bonchev–Trinajstić information content (AvgIpc) is 2.80. The van der Waals surface area contributed by atoms with Crippen molar-refractivity contribution in [2.24, 2.45) is 0 Å². The summed E-state index contributed by atoms with van der Waals surface area (Å²) in [6.45, 7) is 0.922. The molecule has 8 heteroatoms. The minimum Gasteiger partial charge on any atom is -0.476 e. The Balaban J connectivity index is 1.90. The number of carboxylic acid groups (broad SMARTS) is 1. The molecule has 0 spiro atoms. The zero-order valence-corrected chi connectivity index (χ0v) is 9.33. The number of anilines is 1. The van der Waals surface area contributed by atoms with Crippen LogP contribution in [0.15, 0.2) is 29.7 Å². The predicted molar refractivity (Wildman–Crippen MR) is 62.5 cm³/mol. The van der Waals surface area contributed by atoms with Crippen LogP contribution in [0, 0.1) is 0 Å². The fourth-order valence-corrected chi connectivity index (χ4v) is 1.37. The topological polar surface area (TPSA) is 113 Å². The highest BCUT2D eigenvalue weighted by Gasteiger charge is 2.06. The summed E-state index contributed by atoms with van der Waals surface area (Å²) in [4.78, 5) is 32.0. The number of hydrogen-bond donors (Lipinski definition) is 3. The Morgan fingerprint density at radius 2 is 2.33 bits per heavy atom. The van der Waals surface area contributed by atoms with Crippen molar-refractivity contribution in [3.63, 3.8) is 0 Å². The van der Waals surface area contributed by atoms with Crippen LogP contribution in [0.2, 0.25) is 0 Å². The van der Waals surface area contributed by atoms with E-state index < -0.39 is 5.97 Å². The van der Waals surface area contributed by atoms with Crippen molar-refractivity contribution in [3.8, 4) is 0 Å². The number of aromatic amines is 1. The van der Waals surface area contributed by atoms with E-state index in [1.54, 1.807) is 4.57 Å². The van der Waals surface area contributed by atoms with Crippen molar-refractivity contribution in [3.05, 3.63) is 41.0 Å². The molecule has 2 aromatic rings. The molecule has 0 bridgehead atoms. The molecule has 0 unspecified atom stereocenters. The van der Waals surface area contributed by atoms with Gasteiger partial charge in [-0.3, -0.25) is 4.79 Å². The van der Waals surface area contributed by atoms with Crippen molar-refractivity contribution in [2.45, 2.75) is 6.54 Å². The van der Waals surface area contributed by atoms with Gasteiger partial charge in [0.1, 0.15) is 0 Å². The average molecular weight is 249 g/mol. The molecule has 0 saturated carbocycles. The van der Waals surface area contributed by atoms with Gasteiger partial charge in [-0.05, 0) is 0 Å². The lowest BCUT2D eigenvalue weighted by Gasteiger charge is -2.04. The number of hydrogen-bond acceptors (Lipinski definition) is 5. The number of aromatic carboxylic acids is 1. The van der Waals surface area contributed by atoms with E-state index >= 15 is 0 Å². The van der Waals surface area contributed by atoms with Crippen LogP contribution in [0.1, 0.15) is 10.5 Å². The number of carboxylic acids is 1. The molecular formula is C10H11N5O3. The van der Waals surface area contributed by atoms with Crippen LogP contribution in [-0.2, 0) is 6.54 Å². The van der Waals surface area contributed by atoms with Crippen LogP contribution in [-0.4, -0.2) is 37.1 Å². The van der Waals surface area contributed by atoms with Gasteiger partial charge in [-0.2, -0.15) is 0 Å².